The summed E-state index contributed by atoms with van der Waals surface area (Å²) < 4.78 is 0. The fourth-order valence-corrected chi connectivity index (χ4v) is 3.44. The molecule has 2 rings (SSSR count). The Morgan fingerprint density at radius 1 is 1.50 bits per heavy atom. The molecule has 6 heteroatoms. The van der Waals surface area contributed by atoms with E-state index in [-0.39, 0.29) is 5.91 Å². The summed E-state index contributed by atoms with van der Waals surface area (Å²) >= 11 is 6.97. The number of benzene rings is 1. The number of carbonyl (C=O) groups is 1. The van der Waals surface area contributed by atoms with Crippen LogP contribution in [-0.2, 0) is 4.79 Å². The van der Waals surface area contributed by atoms with Gasteiger partial charge in [-0.1, -0.05) is 25.2 Å². The number of nitrogens with two attached hydrogens (primary N) is 1. The average molecular weight is 309 g/mol. The molecule has 4 nitrogen and oxygen atoms in total. The molecule has 3 N–H and O–H groups in total. The van der Waals surface area contributed by atoms with Crippen molar-refractivity contribution in [3.63, 3.8) is 0 Å². The van der Waals surface area contributed by atoms with Gasteiger partial charge in [0.05, 0.1) is 0 Å². The average Bonchev–Trinajstić information content (AvgIpc) is 2.63. The van der Waals surface area contributed by atoms with Crippen molar-refractivity contribution in [2.24, 2.45) is 5.73 Å². The highest BCUT2D eigenvalue weighted by Gasteiger charge is 2.19. The SMILES string of the molecule is CCSc1cccc(N2CCNC(=O)CC2)c1C(N)=S. The number of anilines is 1. The van der Waals surface area contributed by atoms with E-state index in [9.17, 15) is 4.79 Å². The molecule has 1 fully saturated rings. The Bertz CT molecular complexity index is 519. The van der Waals surface area contributed by atoms with Gasteiger partial charge in [-0.25, -0.2) is 0 Å². The first-order valence-corrected chi connectivity index (χ1v) is 8.10. The summed E-state index contributed by atoms with van der Waals surface area (Å²) in [7, 11) is 0. The van der Waals surface area contributed by atoms with Crippen LogP contribution in [0.25, 0.3) is 0 Å². The van der Waals surface area contributed by atoms with E-state index in [0.717, 1.165) is 28.4 Å². The maximum absolute atomic E-state index is 11.5. The van der Waals surface area contributed by atoms with E-state index >= 15 is 0 Å². The van der Waals surface area contributed by atoms with E-state index in [0.29, 0.717) is 24.5 Å². The van der Waals surface area contributed by atoms with Gasteiger partial charge < -0.3 is 16.0 Å². The van der Waals surface area contributed by atoms with Crippen LogP contribution in [0.15, 0.2) is 23.1 Å². The van der Waals surface area contributed by atoms with Crippen molar-refractivity contribution < 1.29 is 4.79 Å². The predicted octanol–water partition coefficient (Wildman–Crippen LogP) is 1.76. The van der Waals surface area contributed by atoms with E-state index in [2.05, 4.69) is 17.1 Å². The Morgan fingerprint density at radius 3 is 3.00 bits per heavy atom. The van der Waals surface area contributed by atoms with Crippen LogP contribution in [0.1, 0.15) is 18.9 Å². The maximum Gasteiger partial charge on any atom is 0.221 e. The number of thiocarbonyl (C=S) groups is 1. The molecule has 0 aromatic heterocycles. The van der Waals surface area contributed by atoms with Gasteiger partial charge in [-0.05, 0) is 17.9 Å². The summed E-state index contributed by atoms with van der Waals surface area (Å²) in [5.74, 6) is 1.07. The Morgan fingerprint density at radius 2 is 2.30 bits per heavy atom. The first kappa shape index (κ1) is 15.1. The molecule has 0 spiro atoms. The zero-order chi connectivity index (χ0) is 14.5. The molecule has 1 aromatic rings. The number of hydrogen-bond acceptors (Lipinski definition) is 4. The van der Waals surface area contributed by atoms with Crippen molar-refractivity contribution in [2.45, 2.75) is 18.2 Å². The highest BCUT2D eigenvalue weighted by atomic mass is 32.2. The second-order valence-corrected chi connectivity index (χ2v) is 6.28. The topological polar surface area (TPSA) is 58.4 Å². The lowest BCUT2D eigenvalue weighted by molar-refractivity contribution is -0.120. The van der Waals surface area contributed by atoms with E-state index in [1.807, 2.05) is 18.2 Å². The highest BCUT2D eigenvalue weighted by molar-refractivity contribution is 7.99. The third-order valence-electron chi connectivity index (χ3n) is 3.20. The second kappa shape index (κ2) is 6.95. The summed E-state index contributed by atoms with van der Waals surface area (Å²) in [5.41, 5.74) is 7.90. The summed E-state index contributed by atoms with van der Waals surface area (Å²) in [6.07, 6.45) is 0.502. The molecule has 0 saturated carbocycles. The molecule has 0 bridgehead atoms. The van der Waals surface area contributed by atoms with Crippen molar-refractivity contribution in [1.82, 2.24) is 5.32 Å². The van der Waals surface area contributed by atoms with Gasteiger partial charge in [-0.3, -0.25) is 4.79 Å². The van der Waals surface area contributed by atoms with Gasteiger partial charge in [0.15, 0.2) is 0 Å². The van der Waals surface area contributed by atoms with Crippen LogP contribution >= 0.6 is 24.0 Å². The lowest BCUT2D eigenvalue weighted by Crippen LogP contribution is -2.30. The molecule has 0 aliphatic carbocycles. The first-order chi connectivity index (χ1) is 9.63. The number of hydrogen-bond donors (Lipinski definition) is 2. The lowest BCUT2D eigenvalue weighted by Gasteiger charge is -2.25. The van der Waals surface area contributed by atoms with Gasteiger partial charge >= 0.3 is 0 Å². The van der Waals surface area contributed by atoms with Crippen molar-refractivity contribution in [2.75, 3.05) is 30.3 Å². The highest BCUT2D eigenvalue weighted by Crippen LogP contribution is 2.31. The molecule has 108 valence electrons. The van der Waals surface area contributed by atoms with E-state index in [1.54, 1.807) is 11.8 Å². The third-order valence-corrected chi connectivity index (χ3v) is 4.35. The number of amides is 1. The molecule has 1 aliphatic rings. The molecule has 1 amide bonds. The largest absolute Gasteiger partial charge is 0.389 e. The van der Waals surface area contributed by atoms with Crippen molar-refractivity contribution >= 4 is 40.6 Å². The molecule has 20 heavy (non-hydrogen) atoms. The van der Waals surface area contributed by atoms with E-state index in [4.69, 9.17) is 18.0 Å². The Labute approximate surface area is 129 Å². The van der Waals surface area contributed by atoms with Crippen LogP contribution in [0.5, 0.6) is 0 Å². The van der Waals surface area contributed by atoms with Crippen LogP contribution in [0.4, 0.5) is 5.69 Å². The smallest absolute Gasteiger partial charge is 0.221 e. The minimum absolute atomic E-state index is 0.100. The van der Waals surface area contributed by atoms with Gasteiger partial charge in [0, 0.05) is 42.2 Å². The normalized spacial score (nSPS) is 15.7. The van der Waals surface area contributed by atoms with Gasteiger partial charge in [-0.2, -0.15) is 0 Å². The number of rotatable bonds is 4. The van der Waals surface area contributed by atoms with Gasteiger partial charge in [0.2, 0.25) is 5.91 Å². The molecule has 1 aliphatic heterocycles. The van der Waals surface area contributed by atoms with Gasteiger partial charge in [0.1, 0.15) is 4.99 Å². The molecule has 1 heterocycles. The Hall–Kier alpha value is -1.27. The zero-order valence-corrected chi connectivity index (χ0v) is 13.1. The van der Waals surface area contributed by atoms with Crippen molar-refractivity contribution in [3.8, 4) is 0 Å². The zero-order valence-electron chi connectivity index (χ0n) is 11.5. The number of thioether (sulfide) groups is 1. The fraction of sp³-hybridized carbons (Fsp3) is 0.429. The fourth-order valence-electron chi connectivity index (χ4n) is 2.31. The van der Waals surface area contributed by atoms with Gasteiger partial charge in [-0.15, -0.1) is 11.8 Å². The molecule has 0 radical (unpaired) electrons. The number of nitrogens with zero attached hydrogens (tertiary/aromatic N) is 1. The summed E-state index contributed by atoms with van der Waals surface area (Å²) in [6, 6.07) is 6.10. The predicted molar refractivity (Wildman–Crippen MR) is 88.6 cm³/mol. The van der Waals surface area contributed by atoms with Crippen LogP contribution in [0, 0.1) is 0 Å². The summed E-state index contributed by atoms with van der Waals surface area (Å²) in [5, 5.41) is 2.88. The van der Waals surface area contributed by atoms with Crippen molar-refractivity contribution in [3.05, 3.63) is 23.8 Å². The van der Waals surface area contributed by atoms with Crippen LogP contribution in [-0.4, -0.2) is 36.3 Å². The van der Waals surface area contributed by atoms with Crippen LogP contribution in [0.2, 0.25) is 0 Å². The summed E-state index contributed by atoms with van der Waals surface area (Å²) in [6.45, 7) is 4.24. The molecule has 0 unspecified atom stereocenters. The van der Waals surface area contributed by atoms with E-state index in [1.165, 1.54) is 0 Å². The van der Waals surface area contributed by atoms with Crippen LogP contribution in [0.3, 0.4) is 0 Å². The monoisotopic (exact) mass is 309 g/mol. The summed E-state index contributed by atoms with van der Waals surface area (Å²) in [4.78, 5) is 15.2. The minimum Gasteiger partial charge on any atom is -0.389 e. The first-order valence-electron chi connectivity index (χ1n) is 6.70. The standard InChI is InChI=1S/C14H19N3OS2/c1-2-20-11-5-3-4-10(13(11)14(15)19)17-8-6-12(18)16-7-9-17/h3-5H,2,6-9H2,1H3,(H2,15,19)(H,16,18). The lowest BCUT2D eigenvalue weighted by atomic mass is 10.1. The number of carbonyl (C=O) groups excluding carboxylic acids is 1. The Kier molecular flexibility index (Phi) is 5.25. The Balaban J connectivity index is 2.36. The second-order valence-electron chi connectivity index (χ2n) is 4.53. The van der Waals surface area contributed by atoms with Crippen molar-refractivity contribution in [1.29, 1.82) is 0 Å². The maximum atomic E-state index is 11.5. The molecule has 1 aromatic carbocycles. The quantitative estimate of drug-likeness (QED) is 0.655. The molecular weight excluding hydrogens is 290 g/mol. The minimum atomic E-state index is 0.100. The number of nitrogens with one attached hydrogen (secondary N) is 1. The molecule has 0 atom stereocenters. The molecular formula is C14H19N3OS2. The van der Waals surface area contributed by atoms with E-state index < -0.39 is 0 Å². The molecule has 1 saturated heterocycles. The third kappa shape index (κ3) is 3.43. The van der Waals surface area contributed by atoms with Crippen LogP contribution < -0.4 is 16.0 Å². The van der Waals surface area contributed by atoms with Gasteiger partial charge in [0.25, 0.3) is 0 Å².